The molecule has 0 aromatic carbocycles. The number of esters is 2. The third kappa shape index (κ3) is 5.54. The SMILES string of the molecule is CCOC(=O)c1cn(C)nc1I.CCOC(=O)c1cn[nH]c1N. The van der Waals surface area contributed by atoms with Crippen LogP contribution < -0.4 is 5.73 Å². The molecule has 0 aliphatic rings. The maximum absolute atomic E-state index is 11.2. The third-order valence-corrected chi connectivity index (χ3v) is 3.24. The van der Waals surface area contributed by atoms with E-state index in [-0.39, 0.29) is 17.4 Å². The molecule has 0 aliphatic heterocycles. The first-order chi connectivity index (χ1) is 10.9. The van der Waals surface area contributed by atoms with Crippen LogP contribution in [-0.2, 0) is 16.5 Å². The number of carbonyl (C=O) groups excluding carboxylic acids is 2. The standard InChI is InChI=1S/C7H9IN2O2.C6H9N3O2/c1-3-12-7(11)5-4-10(2)9-6(5)8;1-2-11-6(10)4-3-8-9-5(4)7/h4H,3H2,1-2H3;3H,2H2,1H3,(H3,7,8,9). The van der Waals surface area contributed by atoms with Crippen LogP contribution in [0.1, 0.15) is 34.6 Å². The molecule has 0 unspecified atom stereocenters. The van der Waals surface area contributed by atoms with Crippen molar-refractivity contribution >= 4 is 40.3 Å². The molecule has 2 rings (SSSR count). The lowest BCUT2D eigenvalue weighted by Gasteiger charge is -1.97. The van der Waals surface area contributed by atoms with Crippen LogP contribution in [0.15, 0.2) is 12.4 Å². The first-order valence-corrected chi connectivity index (χ1v) is 7.80. The number of ether oxygens (including phenoxy) is 2. The van der Waals surface area contributed by atoms with E-state index >= 15 is 0 Å². The van der Waals surface area contributed by atoms with Gasteiger partial charge >= 0.3 is 11.9 Å². The van der Waals surface area contributed by atoms with Crippen LogP contribution in [0.25, 0.3) is 0 Å². The van der Waals surface area contributed by atoms with Gasteiger partial charge in [0.15, 0.2) is 0 Å². The second kappa shape index (κ2) is 9.12. The average Bonchev–Trinajstić information content (AvgIpc) is 3.05. The molecule has 2 aromatic heterocycles. The van der Waals surface area contributed by atoms with E-state index in [2.05, 4.69) is 20.0 Å². The minimum absolute atomic E-state index is 0.239. The number of hydrogen-bond acceptors (Lipinski definition) is 7. The van der Waals surface area contributed by atoms with Gasteiger partial charge in [0.25, 0.3) is 0 Å². The van der Waals surface area contributed by atoms with Gasteiger partial charge in [-0.3, -0.25) is 9.78 Å². The van der Waals surface area contributed by atoms with E-state index in [1.54, 1.807) is 31.8 Å². The molecule has 3 N–H and O–H groups in total. The Kier molecular flexibility index (Phi) is 7.51. The minimum atomic E-state index is -0.446. The summed E-state index contributed by atoms with van der Waals surface area (Å²) in [6, 6.07) is 0. The first-order valence-electron chi connectivity index (χ1n) is 6.72. The maximum atomic E-state index is 11.2. The summed E-state index contributed by atoms with van der Waals surface area (Å²) in [5.41, 5.74) is 6.16. The van der Waals surface area contributed by atoms with Gasteiger partial charge in [-0.2, -0.15) is 10.2 Å². The van der Waals surface area contributed by atoms with Crippen molar-refractivity contribution in [1.29, 1.82) is 0 Å². The summed E-state index contributed by atoms with van der Waals surface area (Å²) in [4.78, 5) is 22.2. The zero-order valence-electron chi connectivity index (χ0n) is 13.0. The highest BCUT2D eigenvalue weighted by molar-refractivity contribution is 14.1. The quantitative estimate of drug-likeness (QED) is 0.549. The molecule has 126 valence electrons. The van der Waals surface area contributed by atoms with Crippen molar-refractivity contribution in [3.63, 3.8) is 0 Å². The van der Waals surface area contributed by atoms with Crippen LogP contribution in [0, 0.1) is 3.70 Å². The number of rotatable bonds is 4. The van der Waals surface area contributed by atoms with Crippen molar-refractivity contribution in [2.24, 2.45) is 7.05 Å². The van der Waals surface area contributed by atoms with E-state index in [0.29, 0.717) is 22.5 Å². The van der Waals surface area contributed by atoms with Gasteiger partial charge in [0.2, 0.25) is 0 Å². The summed E-state index contributed by atoms with van der Waals surface area (Å²) in [6.07, 6.45) is 2.99. The Morgan fingerprint density at radius 1 is 1.26 bits per heavy atom. The van der Waals surface area contributed by atoms with Gasteiger partial charge in [0.1, 0.15) is 20.6 Å². The van der Waals surface area contributed by atoms with Crippen LogP contribution in [0.2, 0.25) is 0 Å². The third-order valence-electron chi connectivity index (χ3n) is 2.44. The Bertz CT molecular complexity index is 667. The summed E-state index contributed by atoms with van der Waals surface area (Å²) in [6.45, 7) is 4.24. The second-order valence-electron chi connectivity index (χ2n) is 4.15. The number of aromatic amines is 1. The average molecular weight is 435 g/mol. The minimum Gasteiger partial charge on any atom is -0.462 e. The zero-order valence-corrected chi connectivity index (χ0v) is 15.2. The van der Waals surface area contributed by atoms with Crippen molar-refractivity contribution < 1.29 is 19.1 Å². The molecule has 0 saturated heterocycles. The highest BCUT2D eigenvalue weighted by atomic mass is 127. The van der Waals surface area contributed by atoms with Crippen molar-refractivity contribution in [3.8, 4) is 0 Å². The molecule has 0 saturated carbocycles. The number of nitrogen functional groups attached to an aromatic ring is 1. The first kappa shape index (κ1) is 18.9. The molecule has 0 bridgehead atoms. The molecule has 10 heteroatoms. The van der Waals surface area contributed by atoms with E-state index in [0.717, 1.165) is 0 Å². The molecule has 0 atom stereocenters. The second-order valence-corrected chi connectivity index (χ2v) is 5.17. The number of hydrogen-bond donors (Lipinski definition) is 2. The highest BCUT2D eigenvalue weighted by Gasteiger charge is 2.13. The number of halogens is 1. The van der Waals surface area contributed by atoms with Gasteiger partial charge in [-0.1, -0.05) is 0 Å². The number of nitrogens with two attached hydrogens (primary N) is 1. The van der Waals surface area contributed by atoms with Gasteiger partial charge < -0.3 is 15.2 Å². The van der Waals surface area contributed by atoms with Gasteiger partial charge in [0, 0.05) is 13.2 Å². The topological polar surface area (TPSA) is 125 Å². The van der Waals surface area contributed by atoms with E-state index in [4.69, 9.17) is 10.5 Å². The summed E-state index contributed by atoms with van der Waals surface area (Å²) >= 11 is 2.00. The van der Waals surface area contributed by atoms with Crippen LogP contribution in [0.4, 0.5) is 5.82 Å². The number of nitrogens with zero attached hydrogens (tertiary/aromatic N) is 3. The van der Waals surface area contributed by atoms with Crippen molar-refractivity contribution in [3.05, 3.63) is 27.2 Å². The Morgan fingerprint density at radius 2 is 1.83 bits per heavy atom. The predicted octanol–water partition coefficient (Wildman–Crippen LogP) is 1.37. The summed E-state index contributed by atoms with van der Waals surface area (Å²) in [7, 11) is 1.77. The number of H-pyrrole nitrogens is 1. The van der Waals surface area contributed by atoms with Crippen molar-refractivity contribution in [2.45, 2.75) is 13.8 Å². The molecular weight excluding hydrogens is 417 g/mol. The van der Waals surface area contributed by atoms with Crippen LogP contribution in [0.5, 0.6) is 0 Å². The molecule has 2 heterocycles. The maximum Gasteiger partial charge on any atom is 0.343 e. The Hall–Kier alpha value is -2.11. The molecule has 9 nitrogen and oxygen atoms in total. The number of nitrogens with one attached hydrogen (secondary N) is 1. The van der Waals surface area contributed by atoms with Crippen molar-refractivity contribution in [2.75, 3.05) is 18.9 Å². The molecule has 0 amide bonds. The zero-order chi connectivity index (χ0) is 17.4. The van der Waals surface area contributed by atoms with E-state index in [1.165, 1.54) is 6.20 Å². The fourth-order valence-electron chi connectivity index (χ4n) is 1.47. The number of aromatic nitrogens is 4. The molecular formula is C13H18IN5O4. The van der Waals surface area contributed by atoms with Gasteiger partial charge in [-0.25, -0.2) is 9.59 Å². The van der Waals surface area contributed by atoms with Gasteiger partial charge in [-0.15, -0.1) is 0 Å². The molecule has 0 spiro atoms. The van der Waals surface area contributed by atoms with Gasteiger partial charge in [-0.05, 0) is 36.4 Å². The fourth-order valence-corrected chi connectivity index (χ4v) is 2.17. The monoisotopic (exact) mass is 435 g/mol. The number of aryl methyl sites for hydroxylation is 1. The number of carbonyl (C=O) groups is 2. The summed E-state index contributed by atoms with van der Waals surface area (Å²) in [5, 5.41) is 10.0. The summed E-state index contributed by atoms with van der Waals surface area (Å²) in [5.74, 6) is -0.516. The summed E-state index contributed by atoms with van der Waals surface area (Å²) < 4.78 is 11.8. The van der Waals surface area contributed by atoms with Gasteiger partial charge in [0.05, 0.1) is 19.4 Å². The smallest absolute Gasteiger partial charge is 0.343 e. The number of anilines is 1. The van der Waals surface area contributed by atoms with E-state index in [1.807, 2.05) is 22.6 Å². The Morgan fingerprint density at radius 3 is 2.22 bits per heavy atom. The molecule has 0 radical (unpaired) electrons. The van der Waals surface area contributed by atoms with Crippen LogP contribution in [0.3, 0.4) is 0 Å². The lowest BCUT2D eigenvalue weighted by atomic mass is 10.3. The largest absolute Gasteiger partial charge is 0.462 e. The predicted molar refractivity (Wildman–Crippen MR) is 90.8 cm³/mol. The highest BCUT2D eigenvalue weighted by Crippen LogP contribution is 2.10. The Balaban J connectivity index is 0.000000231. The molecule has 23 heavy (non-hydrogen) atoms. The van der Waals surface area contributed by atoms with Crippen LogP contribution >= 0.6 is 22.6 Å². The van der Waals surface area contributed by atoms with Crippen LogP contribution in [-0.4, -0.2) is 45.1 Å². The molecule has 0 aliphatic carbocycles. The molecule has 0 fully saturated rings. The van der Waals surface area contributed by atoms with Crippen molar-refractivity contribution in [1.82, 2.24) is 20.0 Å². The fraction of sp³-hybridized carbons (Fsp3) is 0.385. The lowest BCUT2D eigenvalue weighted by Crippen LogP contribution is -2.05. The Labute approximate surface area is 146 Å². The van der Waals surface area contributed by atoms with E-state index < -0.39 is 5.97 Å². The normalized spacial score (nSPS) is 9.74. The lowest BCUT2D eigenvalue weighted by molar-refractivity contribution is 0.0516. The van der Waals surface area contributed by atoms with E-state index in [9.17, 15) is 9.59 Å². The molecule has 2 aromatic rings.